The predicted molar refractivity (Wildman–Crippen MR) is 189 cm³/mol. The molecule has 0 unspecified atom stereocenters. The molecule has 1 saturated heterocycles. The van der Waals surface area contributed by atoms with Crippen LogP contribution in [0, 0.1) is 0 Å². The number of ether oxygens (including phenoxy) is 1. The van der Waals surface area contributed by atoms with Crippen LogP contribution in [0.1, 0.15) is 28.7 Å². The van der Waals surface area contributed by atoms with E-state index in [0.717, 1.165) is 46.7 Å². The SMILES string of the molecule is CN(C)S(=O)(=O)c1ccc2c(c1)N(c1ccc3c(c1)Oc1cc(N4CCc5ccc(S(=O)(=O)N(C)C)cc54)ccc1C31CCS(=O)(=O)O1)CC2. The summed E-state index contributed by atoms with van der Waals surface area (Å²) in [4.78, 5) is 4.47. The van der Waals surface area contributed by atoms with Crippen LogP contribution in [-0.2, 0) is 52.8 Å². The van der Waals surface area contributed by atoms with Crippen LogP contribution >= 0.6 is 0 Å². The third-order valence-corrected chi connectivity index (χ3v) is 14.9. The Kier molecular flexibility index (Phi) is 7.47. The van der Waals surface area contributed by atoms with Crippen molar-refractivity contribution in [2.24, 2.45) is 0 Å². The Morgan fingerprint density at radius 1 is 0.660 bits per heavy atom. The second kappa shape index (κ2) is 11.3. The summed E-state index contributed by atoms with van der Waals surface area (Å²) < 4.78 is 92.5. The molecule has 4 aliphatic rings. The minimum absolute atomic E-state index is 0.152. The van der Waals surface area contributed by atoms with E-state index in [1.54, 1.807) is 24.3 Å². The lowest BCUT2D eigenvalue weighted by Crippen LogP contribution is -2.31. The van der Waals surface area contributed by atoms with Crippen LogP contribution < -0.4 is 14.5 Å². The highest BCUT2D eigenvalue weighted by molar-refractivity contribution is 7.89. The molecule has 15 heteroatoms. The molecular formula is C35H36N4O8S3. The number of benzene rings is 4. The van der Waals surface area contributed by atoms with E-state index < -0.39 is 35.8 Å². The fourth-order valence-electron chi connectivity index (χ4n) is 7.38. The minimum atomic E-state index is -3.82. The number of hydrogen-bond acceptors (Lipinski definition) is 10. The van der Waals surface area contributed by atoms with Gasteiger partial charge >= 0.3 is 0 Å². The zero-order valence-corrected chi connectivity index (χ0v) is 30.4. The number of hydrogen-bond donors (Lipinski definition) is 0. The Hall–Kier alpha value is -3.99. The maximum atomic E-state index is 13.0. The van der Waals surface area contributed by atoms with Crippen molar-refractivity contribution >= 4 is 52.9 Å². The van der Waals surface area contributed by atoms with Crippen LogP contribution in [0.4, 0.5) is 22.7 Å². The molecule has 4 aromatic carbocycles. The molecule has 0 N–H and O–H groups in total. The van der Waals surface area contributed by atoms with Crippen LogP contribution in [0.25, 0.3) is 0 Å². The highest BCUT2D eigenvalue weighted by atomic mass is 32.2. The summed E-state index contributed by atoms with van der Waals surface area (Å²) in [6.45, 7) is 1.24. The standard InChI is InChI=1S/C35H36N4O8S3/c1-36(2)49(42,43)27-9-5-23-13-16-38(31(23)21-27)25-7-11-29-33(19-25)46-34-20-26(8-12-30(34)35(29)15-18-48(40,41)47-35)39-17-14-24-6-10-28(22-32(24)39)50(44,45)37(3)4/h5-12,19-22H,13-18H2,1-4H3. The maximum absolute atomic E-state index is 13.0. The summed E-state index contributed by atoms with van der Waals surface area (Å²) in [5.74, 6) is 0.729. The van der Waals surface area contributed by atoms with Crippen molar-refractivity contribution in [3.05, 3.63) is 95.1 Å². The number of rotatable bonds is 6. The second-order valence-electron chi connectivity index (χ2n) is 13.3. The zero-order valence-electron chi connectivity index (χ0n) is 28.0. The summed E-state index contributed by atoms with van der Waals surface area (Å²) in [5.41, 5.74) is 5.03. The van der Waals surface area contributed by atoms with Gasteiger partial charge in [0.1, 0.15) is 17.1 Å². The van der Waals surface area contributed by atoms with Gasteiger partial charge in [-0.2, -0.15) is 8.42 Å². The van der Waals surface area contributed by atoms with Gasteiger partial charge in [0.25, 0.3) is 10.1 Å². The highest BCUT2D eigenvalue weighted by Gasteiger charge is 2.52. The Morgan fingerprint density at radius 3 is 1.52 bits per heavy atom. The molecule has 50 heavy (non-hydrogen) atoms. The van der Waals surface area contributed by atoms with E-state index in [4.69, 9.17) is 8.92 Å². The molecule has 0 saturated carbocycles. The monoisotopic (exact) mass is 736 g/mol. The van der Waals surface area contributed by atoms with Gasteiger partial charge in [0.15, 0.2) is 0 Å². The minimum Gasteiger partial charge on any atom is -0.456 e. The van der Waals surface area contributed by atoms with Crippen molar-refractivity contribution in [3.63, 3.8) is 0 Å². The molecule has 4 aliphatic heterocycles. The summed E-state index contributed by atoms with van der Waals surface area (Å²) in [7, 11) is -5.12. The van der Waals surface area contributed by atoms with Crippen molar-refractivity contribution in [1.82, 2.24) is 8.61 Å². The lowest BCUT2D eigenvalue weighted by molar-refractivity contribution is 0.129. The first-order chi connectivity index (χ1) is 23.6. The average Bonchev–Trinajstić information content (AvgIpc) is 3.79. The molecule has 8 rings (SSSR count). The molecule has 1 fully saturated rings. The van der Waals surface area contributed by atoms with Gasteiger partial charge in [0, 0.05) is 93.7 Å². The topological polar surface area (TPSA) is 134 Å². The first-order valence-corrected chi connectivity index (χ1v) is 20.6. The van der Waals surface area contributed by atoms with Gasteiger partial charge in [-0.3, -0.25) is 4.18 Å². The van der Waals surface area contributed by atoms with E-state index in [0.29, 0.717) is 35.7 Å². The fourth-order valence-corrected chi connectivity index (χ4v) is 10.5. The Labute approximate surface area is 292 Å². The highest BCUT2D eigenvalue weighted by Crippen LogP contribution is 2.56. The molecule has 0 radical (unpaired) electrons. The Bertz CT molecular complexity index is 2280. The van der Waals surface area contributed by atoms with Gasteiger partial charge in [-0.15, -0.1) is 0 Å². The number of anilines is 4. The Balaban J connectivity index is 1.20. The molecule has 4 heterocycles. The summed E-state index contributed by atoms with van der Waals surface area (Å²) in [6.07, 6.45) is 1.65. The Morgan fingerprint density at radius 2 is 1.12 bits per heavy atom. The normalized spacial score (nSPS) is 18.7. The van der Waals surface area contributed by atoms with Gasteiger partial charge in [0.2, 0.25) is 20.0 Å². The molecule has 0 aromatic heterocycles. The van der Waals surface area contributed by atoms with Gasteiger partial charge in [0.05, 0.1) is 15.5 Å². The third-order valence-electron chi connectivity index (χ3n) is 10.1. The molecule has 0 bridgehead atoms. The summed E-state index contributed by atoms with van der Waals surface area (Å²) in [6, 6.07) is 21.5. The molecular weight excluding hydrogens is 701 g/mol. The van der Waals surface area contributed by atoms with E-state index in [1.165, 1.54) is 36.8 Å². The van der Waals surface area contributed by atoms with Crippen molar-refractivity contribution < 1.29 is 34.2 Å². The third kappa shape index (κ3) is 5.05. The van der Waals surface area contributed by atoms with E-state index in [-0.39, 0.29) is 22.0 Å². The van der Waals surface area contributed by atoms with Gasteiger partial charge in [-0.1, -0.05) is 12.1 Å². The van der Waals surface area contributed by atoms with Crippen molar-refractivity contribution in [3.8, 4) is 11.5 Å². The molecule has 12 nitrogen and oxygen atoms in total. The molecule has 262 valence electrons. The van der Waals surface area contributed by atoms with Crippen LogP contribution in [0.5, 0.6) is 11.5 Å². The summed E-state index contributed by atoms with van der Waals surface area (Å²) in [5, 5.41) is 0. The second-order valence-corrected chi connectivity index (χ2v) is 19.3. The van der Waals surface area contributed by atoms with Gasteiger partial charge < -0.3 is 14.5 Å². The van der Waals surface area contributed by atoms with E-state index in [2.05, 4.69) is 0 Å². The van der Waals surface area contributed by atoms with Crippen molar-refractivity contribution in [1.29, 1.82) is 0 Å². The lowest BCUT2D eigenvalue weighted by atomic mass is 9.81. The predicted octanol–water partition coefficient (Wildman–Crippen LogP) is 4.68. The van der Waals surface area contributed by atoms with Crippen LogP contribution in [0.2, 0.25) is 0 Å². The molecule has 1 spiro atoms. The van der Waals surface area contributed by atoms with E-state index in [1.807, 2.05) is 58.3 Å². The van der Waals surface area contributed by atoms with Crippen LogP contribution in [0.15, 0.2) is 82.6 Å². The number of sulfonamides is 2. The smallest absolute Gasteiger partial charge is 0.268 e. The first-order valence-electron chi connectivity index (χ1n) is 16.2. The van der Waals surface area contributed by atoms with Crippen molar-refractivity contribution in [2.75, 3.05) is 56.8 Å². The maximum Gasteiger partial charge on any atom is 0.268 e. The summed E-state index contributed by atoms with van der Waals surface area (Å²) >= 11 is 0. The lowest BCUT2D eigenvalue weighted by Gasteiger charge is -2.36. The zero-order chi connectivity index (χ0) is 35.4. The molecule has 0 aliphatic carbocycles. The molecule has 0 amide bonds. The largest absolute Gasteiger partial charge is 0.456 e. The first kappa shape index (κ1) is 33.2. The molecule has 0 atom stereocenters. The quantitative estimate of drug-likeness (QED) is 0.257. The number of fused-ring (bicyclic) bond motifs is 6. The number of nitrogens with zero attached hydrogens (tertiary/aromatic N) is 4. The van der Waals surface area contributed by atoms with Gasteiger partial charge in [-0.25, -0.2) is 25.4 Å². The van der Waals surface area contributed by atoms with Crippen molar-refractivity contribution in [2.45, 2.75) is 34.7 Å². The van der Waals surface area contributed by atoms with E-state index in [9.17, 15) is 25.3 Å². The average molecular weight is 737 g/mol. The van der Waals surface area contributed by atoms with Crippen LogP contribution in [0.3, 0.4) is 0 Å². The molecule has 4 aromatic rings. The van der Waals surface area contributed by atoms with E-state index >= 15 is 0 Å². The van der Waals surface area contributed by atoms with Crippen LogP contribution in [-0.4, -0.2) is 80.9 Å². The fraction of sp³-hybridized carbons (Fsp3) is 0.314. The van der Waals surface area contributed by atoms with Gasteiger partial charge in [-0.05, 0) is 72.5 Å².